The standard InChI is InChI=1S/C23H30F2N2O4/c1-21(2,3)31-20(29)26-11-9-17(18(13-26)16-7-5-4-6-8-16)19(28)27-12-10-22(15-30-22)23(24,25)14-27/h4-8,17-18H,9-15H2,1-3H3/t17-,18+,22?/m1/s1. The molecule has 170 valence electrons. The van der Waals surface area contributed by atoms with Crippen LogP contribution in [-0.2, 0) is 14.3 Å². The van der Waals surface area contributed by atoms with Crippen LogP contribution < -0.4 is 0 Å². The third-order valence-corrected chi connectivity index (χ3v) is 6.46. The number of hydrogen-bond donors (Lipinski definition) is 0. The summed E-state index contributed by atoms with van der Waals surface area (Å²) in [6.07, 6.45) is 0.136. The number of carbonyl (C=O) groups is 2. The number of piperidine rings is 2. The third kappa shape index (κ3) is 4.40. The average Bonchev–Trinajstić information content (AvgIpc) is 3.50. The number of carbonyl (C=O) groups excluding carboxylic acids is 2. The molecule has 3 heterocycles. The lowest BCUT2D eigenvalue weighted by Gasteiger charge is -2.43. The van der Waals surface area contributed by atoms with Gasteiger partial charge in [-0.2, -0.15) is 0 Å². The number of hydrogen-bond acceptors (Lipinski definition) is 4. The van der Waals surface area contributed by atoms with E-state index in [1.165, 1.54) is 4.90 Å². The van der Waals surface area contributed by atoms with E-state index in [-0.39, 0.29) is 31.4 Å². The number of alkyl halides is 2. The fourth-order valence-corrected chi connectivity index (χ4v) is 4.60. The Morgan fingerprint density at radius 1 is 1.13 bits per heavy atom. The number of amides is 2. The summed E-state index contributed by atoms with van der Waals surface area (Å²) in [5.41, 5.74) is -1.07. The fourth-order valence-electron chi connectivity index (χ4n) is 4.60. The van der Waals surface area contributed by atoms with E-state index in [1.54, 1.807) is 4.90 Å². The first-order valence-corrected chi connectivity index (χ1v) is 10.8. The smallest absolute Gasteiger partial charge is 0.410 e. The minimum absolute atomic E-state index is 0.0585. The summed E-state index contributed by atoms with van der Waals surface area (Å²) in [5, 5.41) is 0. The van der Waals surface area contributed by atoms with Crippen molar-refractivity contribution < 1.29 is 27.8 Å². The van der Waals surface area contributed by atoms with Gasteiger partial charge in [-0.05, 0) is 32.8 Å². The first-order chi connectivity index (χ1) is 14.5. The van der Waals surface area contributed by atoms with Crippen molar-refractivity contribution in [3.8, 4) is 0 Å². The molecule has 3 fully saturated rings. The number of rotatable bonds is 2. The van der Waals surface area contributed by atoms with Crippen LogP contribution in [0.4, 0.5) is 13.6 Å². The highest BCUT2D eigenvalue weighted by molar-refractivity contribution is 5.81. The number of epoxide rings is 1. The molecule has 1 aromatic rings. The lowest BCUT2D eigenvalue weighted by molar-refractivity contribution is -0.159. The predicted molar refractivity (Wildman–Crippen MR) is 110 cm³/mol. The van der Waals surface area contributed by atoms with Gasteiger partial charge in [0.2, 0.25) is 5.91 Å². The van der Waals surface area contributed by atoms with Crippen molar-refractivity contribution in [3.05, 3.63) is 35.9 Å². The highest BCUT2D eigenvalue weighted by Crippen LogP contribution is 2.49. The first kappa shape index (κ1) is 22.0. The Labute approximate surface area is 181 Å². The molecular weight excluding hydrogens is 406 g/mol. The van der Waals surface area contributed by atoms with Crippen LogP contribution in [-0.4, -0.2) is 71.7 Å². The topological polar surface area (TPSA) is 62.4 Å². The molecule has 8 heteroatoms. The Bertz CT molecular complexity index is 836. The van der Waals surface area contributed by atoms with Crippen molar-refractivity contribution in [1.29, 1.82) is 0 Å². The largest absolute Gasteiger partial charge is 0.444 e. The molecule has 0 saturated carbocycles. The maximum atomic E-state index is 14.6. The first-order valence-electron chi connectivity index (χ1n) is 10.8. The van der Waals surface area contributed by atoms with Gasteiger partial charge in [-0.25, -0.2) is 13.6 Å². The summed E-state index contributed by atoms with van der Waals surface area (Å²) in [7, 11) is 0. The minimum atomic E-state index is -3.04. The lowest BCUT2D eigenvalue weighted by atomic mass is 9.79. The molecule has 6 nitrogen and oxygen atoms in total. The Morgan fingerprint density at radius 2 is 1.81 bits per heavy atom. The molecule has 0 aliphatic carbocycles. The number of halogens is 2. The number of ether oxygens (including phenoxy) is 2. The molecule has 4 rings (SSSR count). The van der Waals surface area contributed by atoms with Gasteiger partial charge < -0.3 is 19.3 Å². The van der Waals surface area contributed by atoms with Gasteiger partial charge in [0, 0.05) is 37.9 Å². The highest BCUT2D eigenvalue weighted by atomic mass is 19.3. The summed E-state index contributed by atoms with van der Waals surface area (Å²) in [6, 6.07) is 9.48. The van der Waals surface area contributed by atoms with Gasteiger partial charge in [-0.1, -0.05) is 30.3 Å². The van der Waals surface area contributed by atoms with Crippen molar-refractivity contribution in [2.24, 2.45) is 5.92 Å². The monoisotopic (exact) mass is 436 g/mol. The van der Waals surface area contributed by atoms with Crippen LogP contribution in [0.15, 0.2) is 30.3 Å². The van der Waals surface area contributed by atoms with Crippen LogP contribution in [0.1, 0.15) is 45.1 Å². The molecule has 31 heavy (non-hydrogen) atoms. The van der Waals surface area contributed by atoms with Gasteiger partial charge in [0.25, 0.3) is 5.92 Å². The summed E-state index contributed by atoms with van der Waals surface area (Å²) in [4.78, 5) is 28.9. The second kappa shape index (κ2) is 7.73. The van der Waals surface area contributed by atoms with Gasteiger partial charge in [-0.3, -0.25) is 4.79 Å². The van der Waals surface area contributed by atoms with Crippen molar-refractivity contribution in [3.63, 3.8) is 0 Å². The molecule has 2 amide bonds. The summed E-state index contributed by atoms with van der Waals surface area (Å²) in [6.45, 7) is 5.80. The number of nitrogens with zero attached hydrogens (tertiary/aromatic N) is 2. The van der Waals surface area contributed by atoms with Crippen molar-refractivity contribution in [2.75, 3.05) is 32.8 Å². The SMILES string of the molecule is CC(C)(C)OC(=O)N1CC[C@@H](C(=O)N2CCC3(CO3)C(F)(F)C2)[C@H](c2ccccc2)C1. The fraction of sp³-hybridized carbons (Fsp3) is 0.652. The number of benzene rings is 1. The Kier molecular flexibility index (Phi) is 5.48. The summed E-state index contributed by atoms with van der Waals surface area (Å²) >= 11 is 0. The van der Waals surface area contributed by atoms with E-state index in [4.69, 9.17) is 9.47 Å². The molecule has 0 radical (unpaired) electrons. The normalized spacial score (nSPS) is 30.2. The van der Waals surface area contributed by atoms with E-state index < -0.39 is 35.7 Å². The average molecular weight is 436 g/mol. The van der Waals surface area contributed by atoms with Gasteiger partial charge in [0.05, 0.1) is 13.2 Å². The minimum Gasteiger partial charge on any atom is -0.444 e. The maximum Gasteiger partial charge on any atom is 0.410 e. The van der Waals surface area contributed by atoms with E-state index in [0.29, 0.717) is 19.5 Å². The van der Waals surface area contributed by atoms with Crippen LogP contribution in [0.3, 0.4) is 0 Å². The van der Waals surface area contributed by atoms with E-state index in [1.807, 2.05) is 51.1 Å². The van der Waals surface area contributed by atoms with Crippen LogP contribution in [0, 0.1) is 5.92 Å². The van der Waals surface area contributed by atoms with Gasteiger partial charge in [0.1, 0.15) is 5.60 Å². The van der Waals surface area contributed by atoms with Gasteiger partial charge in [-0.15, -0.1) is 0 Å². The summed E-state index contributed by atoms with van der Waals surface area (Å²) < 4.78 is 39.7. The van der Waals surface area contributed by atoms with Gasteiger partial charge in [0.15, 0.2) is 5.60 Å². The molecule has 3 saturated heterocycles. The van der Waals surface area contributed by atoms with Crippen molar-refractivity contribution in [1.82, 2.24) is 9.80 Å². The van der Waals surface area contributed by atoms with Crippen LogP contribution >= 0.6 is 0 Å². The number of likely N-dealkylation sites (tertiary alicyclic amines) is 2. The van der Waals surface area contributed by atoms with E-state index in [2.05, 4.69) is 0 Å². The second-order valence-corrected chi connectivity index (χ2v) is 9.84. The van der Waals surface area contributed by atoms with Crippen LogP contribution in [0.5, 0.6) is 0 Å². The summed E-state index contributed by atoms with van der Waals surface area (Å²) in [5.74, 6) is -4.06. The zero-order valence-electron chi connectivity index (χ0n) is 18.3. The molecular formula is C23H30F2N2O4. The zero-order valence-corrected chi connectivity index (χ0v) is 18.3. The Balaban J connectivity index is 1.52. The lowest BCUT2D eigenvalue weighted by Crippen LogP contribution is -2.58. The highest BCUT2D eigenvalue weighted by Gasteiger charge is 2.67. The van der Waals surface area contributed by atoms with Crippen LogP contribution in [0.2, 0.25) is 0 Å². The Morgan fingerprint density at radius 3 is 2.39 bits per heavy atom. The molecule has 3 aliphatic rings. The molecule has 3 atom stereocenters. The molecule has 0 N–H and O–H groups in total. The molecule has 0 aromatic heterocycles. The van der Waals surface area contributed by atoms with Crippen LogP contribution in [0.25, 0.3) is 0 Å². The third-order valence-electron chi connectivity index (χ3n) is 6.46. The molecule has 1 aromatic carbocycles. The molecule has 0 bridgehead atoms. The molecule has 1 unspecified atom stereocenters. The van der Waals surface area contributed by atoms with E-state index >= 15 is 0 Å². The zero-order chi connectivity index (χ0) is 22.4. The quantitative estimate of drug-likeness (QED) is 0.664. The molecule has 3 aliphatic heterocycles. The van der Waals surface area contributed by atoms with E-state index in [0.717, 1.165) is 5.56 Å². The van der Waals surface area contributed by atoms with E-state index in [9.17, 15) is 18.4 Å². The Hall–Kier alpha value is -2.22. The molecule has 1 spiro atoms. The van der Waals surface area contributed by atoms with Gasteiger partial charge >= 0.3 is 6.09 Å². The maximum absolute atomic E-state index is 14.6. The van der Waals surface area contributed by atoms with Crippen molar-refractivity contribution >= 4 is 12.0 Å². The predicted octanol–water partition coefficient (Wildman–Crippen LogP) is 3.66. The second-order valence-electron chi connectivity index (χ2n) is 9.84. The van der Waals surface area contributed by atoms with Crippen molar-refractivity contribution in [2.45, 2.75) is 56.7 Å².